The van der Waals surface area contributed by atoms with Gasteiger partial charge in [-0.1, -0.05) is 30.0 Å². The molecule has 0 spiro atoms. The Morgan fingerprint density at radius 2 is 2.11 bits per heavy atom. The van der Waals surface area contributed by atoms with Gasteiger partial charge < -0.3 is 9.88 Å². The summed E-state index contributed by atoms with van der Waals surface area (Å²) in [6, 6.07) is 13.5. The van der Waals surface area contributed by atoms with Gasteiger partial charge in [0.1, 0.15) is 11.3 Å². The van der Waals surface area contributed by atoms with Crippen molar-refractivity contribution in [1.29, 1.82) is 0 Å². The maximum atomic E-state index is 12.9. The number of carbonyl (C=O) groups excluding carboxylic acids is 1. The van der Waals surface area contributed by atoms with Crippen molar-refractivity contribution >= 4 is 29.0 Å². The van der Waals surface area contributed by atoms with E-state index in [1.54, 1.807) is 11.8 Å². The molecule has 0 fully saturated rings. The van der Waals surface area contributed by atoms with Gasteiger partial charge in [-0.15, -0.1) is 0 Å². The maximum Gasteiger partial charge on any atom is 0.274 e. The van der Waals surface area contributed by atoms with Crippen molar-refractivity contribution < 1.29 is 4.79 Å². The van der Waals surface area contributed by atoms with Crippen LogP contribution < -0.4 is 5.32 Å². The SMILES string of the molecule is Cc1nc2ccccn2c1C(=O)Nc1cccc(-c2cn3c(n2)SCC3)c1. The average Bonchev–Trinajstić information content (AvgIpc) is 3.33. The first kappa shape index (κ1) is 16.1. The molecule has 6 nitrogen and oxygen atoms in total. The Labute approximate surface area is 160 Å². The molecule has 0 saturated heterocycles. The Bertz CT molecular complexity index is 1150. The number of aryl methyl sites for hydroxylation is 2. The lowest BCUT2D eigenvalue weighted by molar-refractivity contribution is 0.102. The molecule has 1 aromatic carbocycles. The van der Waals surface area contributed by atoms with Crippen LogP contribution in [-0.4, -0.2) is 30.6 Å². The number of hydrogen-bond donors (Lipinski definition) is 1. The molecule has 4 heterocycles. The number of fused-ring (bicyclic) bond motifs is 2. The highest BCUT2D eigenvalue weighted by atomic mass is 32.2. The summed E-state index contributed by atoms with van der Waals surface area (Å²) in [7, 11) is 0. The average molecular weight is 375 g/mol. The highest BCUT2D eigenvalue weighted by molar-refractivity contribution is 7.99. The van der Waals surface area contributed by atoms with E-state index < -0.39 is 0 Å². The normalized spacial score (nSPS) is 13.1. The third kappa shape index (κ3) is 2.80. The van der Waals surface area contributed by atoms with Crippen molar-refractivity contribution in [3.8, 4) is 11.3 Å². The van der Waals surface area contributed by atoms with E-state index in [-0.39, 0.29) is 5.91 Å². The first-order valence-electron chi connectivity index (χ1n) is 8.74. The van der Waals surface area contributed by atoms with Gasteiger partial charge in [0, 0.05) is 35.9 Å². The minimum absolute atomic E-state index is 0.175. The molecule has 0 aliphatic carbocycles. The van der Waals surface area contributed by atoms with Crippen LogP contribution in [0.5, 0.6) is 0 Å². The number of pyridine rings is 1. The highest BCUT2D eigenvalue weighted by Crippen LogP contribution is 2.30. The zero-order valence-electron chi connectivity index (χ0n) is 14.7. The lowest BCUT2D eigenvalue weighted by Crippen LogP contribution is -2.15. The van der Waals surface area contributed by atoms with Gasteiger partial charge in [0.25, 0.3) is 5.91 Å². The molecule has 0 bridgehead atoms. The van der Waals surface area contributed by atoms with Crippen LogP contribution in [0.15, 0.2) is 60.0 Å². The van der Waals surface area contributed by atoms with E-state index in [0.29, 0.717) is 11.4 Å². The maximum absolute atomic E-state index is 12.9. The van der Waals surface area contributed by atoms with Crippen molar-refractivity contribution in [2.24, 2.45) is 0 Å². The van der Waals surface area contributed by atoms with Gasteiger partial charge >= 0.3 is 0 Å². The zero-order chi connectivity index (χ0) is 18.4. The number of nitrogens with zero attached hydrogens (tertiary/aromatic N) is 4. The number of thioether (sulfide) groups is 1. The van der Waals surface area contributed by atoms with E-state index >= 15 is 0 Å². The predicted molar refractivity (Wildman–Crippen MR) is 106 cm³/mol. The highest BCUT2D eigenvalue weighted by Gasteiger charge is 2.18. The van der Waals surface area contributed by atoms with Crippen LogP contribution in [-0.2, 0) is 6.54 Å². The first-order chi connectivity index (χ1) is 13.2. The largest absolute Gasteiger partial charge is 0.325 e. The minimum atomic E-state index is -0.175. The van der Waals surface area contributed by atoms with Gasteiger partial charge in [0.05, 0.1) is 11.4 Å². The molecule has 27 heavy (non-hydrogen) atoms. The summed E-state index contributed by atoms with van der Waals surface area (Å²) in [5, 5.41) is 4.05. The van der Waals surface area contributed by atoms with Crippen molar-refractivity contribution in [3.05, 3.63) is 66.2 Å². The molecule has 5 rings (SSSR count). The Morgan fingerprint density at radius 3 is 3.00 bits per heavy atom. The molecule has 134 valence electrons. The van der Waals surface area contributed by atoms with Crippen molar-refractivity contribution in [1.82, 2.24) is 18.9 Å². The lowest BCUT2D eigenvalue weighted by atomic mass is 10.1. The first-order valence-corrected chi connectivity index (χ1v) is 9.73. The molecule has 0 atom stereocenters. The summed E-state index contributed by atoms with van der Waals surface area (Å²) >= 11 is 1.77. The fraction of sp³-hybridized carbons (Fsp3) is 0.150. The Hall–Kier alpha value is -3.06. The molecule has 1 amide bonds. The number of hydrogen-bond acceptors (Lipinski definition) is 4. The summed E-state index contributed by atoms with van der Waals surface area (Å²) in [6.07, 6.45) is 3.93. The van der Waals surface area contributed by atoms with E-state index in [2.05, 4.69) is 26.0 Å². The molecule has 1 aliphatic heterocycles. The zero-order valence-corrected chi connectivity index (χ0v) is 15.5. The van der Waals surface area contributed by atoms with Gasteiger partial charge in [0.2, 0.25) is 0 Å². The van der Waals surface area contributed by atoms with Gasteiger partial charge in [-0.3, -0.25) is 9.20 Å². The second-order valence-corrected chi connectivity index (χ2v) is 7.52. The minimum Gasteiger partial charge on any atom is -0.325 e. The summed E-state index contributed by atoms with van der Waals surface area (Å²) < 4.78 is 3.98. The number of anilines is 1. The van der Waals surface area contributed by atoms with Crippen molar-refractivity contribution in [3.63, 3.8) is 0 Å². The van der Waals surface area contributed by atoms with E-state index in [0.717, 1.165) is 40.0 Å². The van der Waals surface area contributed by atoms with E-state index in [1.807, 2.05) is 60.0 Å². The quantitative estimate of drug-likeness (QED) is 0.590. The third-order valence-corrected chi connectivity index (χ3v) is 5.61. The van der Waals surface area contributed by atoms with Crippen LogP contribution in [0.1, 0.15) is 16.2 Å². The number of aromatic nitrogens is 4. The number of nitrogens with one attached hydrogen (secondary N) is 1. The summed E-state index contributed by atoms with van der Waals surface area (Å²) in [5.41, 5.74) is 4.68. The molecule has 7 heteroatoms. The number of rotatable bonds is 3. The van der Waals surface area contributed by atoms with Crippen LogP contribution >= 0.6 is 11.8 Å². The molecule has 0 radical (unpaired) electrons. The van der Waals surface area contributed by atoms with Crippen LogP contribution in [0.3, 0.4) is 0 Å². The molecule has 0 unspecified atom stereocenters. The van der Waals surface area contributed by atoms with E-state index in [9.17, 15) is 4.79 Å². The second kappa shape index (κ2) is 6.28. The number of benzene rings is 1. The molecule has 1 N–H and O–H groups in total. The molecular weight excluding hydrogens is 358 g/mol. The van der Waals surface area contributed by atoms with Gasteiger partial charge in [-0.2, -0.15) is 0 Å². The number of imidazole rings is 2. The molecule has 4 aromatic rings. The molecular formula is C20H17N5OS. The van der Waals surface area contributed by atoms with Crippen LogP contribution in [0.4, 0.5) is 5.69 Å². The molecule has 3 aromatic heterocycles. The summed E-state index contributed by atoms with van der Waals surface area (Å²) in [4.78, 5) is 22.0. The second-order valence-electron chi connectivity index (χ2n) is 6.46. The Morgan fingerprint density at radius 1 is 1.19 bits per heavy atom. The number of amides is 1. The Kier molecular flexibility index (Phi) is 3.75. The molecule has 1 aliphatic rings. The monoisotopic (exact) mass is 375 g/mol. The Balaban J connectivity index is 1.45. The van der Waals surface area contributed by atoms with E-state index in [1.165, 1.54) is 0 Å². The smallest absolute Gasteiger partial charge is 0.274 e. The lowest BCUT2D eigenvalue weighted by Gasteiger charge is -2.07. The van der Waals surface area contributed by atoms with Crippen LogP contribution in [0.25, 0.3) is 16.9 Å². The van der Waals surface area contributed by atoms with Gasteiger partial charge in [0.15, 0.2) is 5.16 Å². The topological polar surface area (TPSA) is 64.2 Å². The van der Waals surface area contributed by atoms with Crippen LogP contribution in [0.2, 0.25) is 0 Å². The standard InChI is InChI=1S/C20H17N5OS/c1-13-18(25-8-3-2-7-17(25)21-13)19(26)22-15-6-4-5-14(11-15)16-12-24-9-10-27-20(24)23-16/h2-8,11-12H,9-10H2,1H3,(H,22,26). The summed E-state index contributed by atoms with van der Waals surface area (Å²) in [5.74, 6) is 0.906. The van der Waals surface area contributed by atoms with Gasteiger partial charge in [-0.25, -0.2) is 9.97 Å². The fourth-order valence-corrected chi connectivity index (χ4v) is 4.33. The summed E-state index contributed by atoms with van der Waals surface area (Å²) in [6.45, 7) is 2.85. The number of carbonyl (C=O) groups is 1. The van der Waals surface area contributed by atoms with Crippen molar-refractivity contribution in [2.45, 2.75) is 18.6 Å². The third-order valence-electron chi connectivity index (χ3n) is 4.64. The van der Waals surface area contributed by atoms with Gasteiger partial charge in [-0.05, 0) is 31.2 Å². The van der Waals surface area contributed by atoms with E-state index in [4.69, 9.17) is 0 Å². The van der Waals surface area contributed by atoms with Crippen molar-refractivity contribution in [2.75, 3.05) is 11.1 Å². The molecule has 0 saturated carbocycles. The fourth-order valence-electron chi connectivity index (χ4n) is 3.38. The van der Waals surface area contributed by atoms with Crippen LogP contribution in [0, 0.1) is 6.92 Å². The predicted octanol–water partition coefficient (Wildman–Crippen LogP) is 3.86.